The fourth-order valence-electron chi connectivity index (χ4n) is 1.72. The number of nitrogens with one attached hydrogen (secondary N) is 1. The molecule has 0 aromatic carbocycles. The van der Waals surface area contributed by atoms with Crippen LogP contribution < -0.4 is 15.0 Å². The van der Waals surface area contributed by atoms with Crippen LogP contribution in [-0.2, 0) is 0 Å². The number of anilines is 2. The van der Waals surface area contributed by atoms with Crippen LogP contribution in [0.1, 0.15) is 13.8 Å². The molecule has 7 nitrogen and oxygen atoms in total. The Kier molecular flexibility index (Phi) is 6.44. The average molecular weight is 282 g/mol. The molecule has 1 heterocycles. The molecule has 0 atom stereocenters. The van der Waals surface area contributed by atoms with Crippen LogP contribution in [0.25, 0.3) is 0 Å². The first-order chi connectivity index (χ1) is 9.46. The van der Waals surface area contributed by atoms with Gasteiger partial charge in [-0.15, -0.1) is 0 Å². The number of methoxy groups -OCH3 is 1. The molecular formula is C13H26N6O. The first-order valence-corrected chi connectivity index (χ1v) is 6.83. The summed E-state index contributed by atoms with van der Waals surface area (Å²) in [5.41, 5.74) is 0. The summed E-state index contributed by atoms with van der Waals surface area (Å²) in [4.78, 5) is 17.2. The van der Waals surface area contributed by atoms with Gasteiger partial charge in [0.15, 0.2) is 0 Å². The maximum Gasteiger partial charge on any atom is 0.322 e. The summed E-state index contributed by atoms with van der Waals surface area (Å²) in [6, 6.07) is 0.331. The Morgan fingerprint density at radius 2 is 1.85 bits per heavy atom. The van der Waals surface area contributed by atoms with Crippen LogP contribution in [0.3, 0.4) is 0 Å². The van der Waals surface area contributed by atoms with E-state index < -0.39 is 0 Å². The standard InChI is InChI=1S/C13H26N6O/c1-10(2)9-19(8-7-18(4)5)12-15-11(14-3)16-13(17-12)20-6/h10H,7-9H2,1-6H3,(H,14,15,16,17). The van der Waals surface area contributed by atoms with Crippen LogP contribution in [0, 0.1) is 5.92 Å². The van der Waals surface area contributed by atoms with Crippen LogP contribution in [-0.4, -0.2) is 67.7 Å². The molecule has 1 N–H and O–H groups in total. The monoisotopic (exact) mass is 282 g/mol. The topological polar surface area (TPSA) is 66.4 Å². The number of rotatable bonds is 8. The van der Waals surface area contributed by atoms with Crippen molar-refractivity contribution in [2.24, 2.45) is 5.92 Å². The van der Waals surface area contributed by atoms with Crippen molar-refractivity contribution < 1.29 is 4.74 Å². The third-order valence-electron chi connectivity index (χ3n) is 2.69. The molecule has 20 heavy (non-hydrogen) atoms. The van der Waals surface area contributed by atoms with E-state index in [0.29, 0.717) is 23.8 Å². The molecule has 1 rings (SSSR count). The van der Waals surface area contributed by atoms with E-state index in [2.05, 4.69) is 58.0 Å². The Bertz CT molecular complexity index is 388. The predicted molar refractivity (Wildman–Crippen MR) is 81.5 cm³/mol. The van der Waals surface area contributed by atoms with Gasteiger partial charge in [-0.05, 0) is 20.0 Å². The van der Waals surface area contributed by atoms with Gasteiger partial charge in [0, 0.05) is 26.7 Å². The van der Waals surface area contributed by atoms with E-state index in [9.17, 15) is 0 Å². The number of likely N-dealkylation sites (N-methyl/N-ethyl adjacent to an activating group) is 1. The first kappa shape index (κ1) is 16.4. The van der Waals surface area contributed by atoms with Crippen molar-refractivity contribution in [2.75, 3.05) is 58.1 Å². The Balaban J connectivity index is 2.98. The summed E-state index contributed by atoms with van der Waals surface area (Å²) in [7, 11) is 7.46. The molecule has 0 aliphatic rings. The van der Waals surface area contributed by atoms with E-state index >= 15 is 0 Å². The van der Waals surface area contributed by atoms with Gasteiger partial charge >= 0.3 is 6.01 Å². The molecule has 7 heteroatoms. The molecule has 0 saturated carbocycles. The second kappa shape index (κ2) is 7.84. The lowest BCUT2D eigenvalue weighted by molar-refractivity contribution is 0.376. The second-order valence-electron chi connectivity index (χ2n) is 5.34. The van der Waals surface area contributed by atoms with E-state index in [1.54, 1.807) is 14.2 Å². The normalized spacial score (nSPS) is 11.0. The molecule has 0 aliphatic carbocycles. The minimum absolute atomic E-state index is 0.331. The lowest BCUT2D eigenvalue weighted by Gasteiger charge is -2.26. The number of hydrogen-bond donors (Lipinski definition) is 1. The molecule has 0 unspecified atom stereocenters. The van der Waals surface area contributed by atoms with Crippen molar-refractivity contribution in [1.29, 1.82) is 0 Å². The lowest BCUT2D eigenvalue weighted by Crippen LogP contribution is -2.35. The highest BCUT2D eigenvalue weighted by molar-refractivity contribution is 5.38. The highest BCUT2D eigenvalue weighted by Gasteiger charge is 2.15. The van der Waals surface area contributed by atoms with Gasteiger partial charge in [-0.3, -0.25) is 0 Å². The summed E-state index contributed by atoms with van der Waals surface area (Å²) in [6.07, 6.45) is 0. The van der Waals surface area contributed by atoms with Gasteiger partial charge < -0.3 is 19.9 Å². The lowest BCUT2D eigenvalue weighted by atomic mass is 10.2. The molecule has 0 aliphatic heterocycles. The largest absolute Gasteiger partial charge is 0.467 e. The molecule has 114 valence electrons. The highest BCUT2D eigenvalue weighted by Crippen LogP contribution is 2.15. The van der Waals surface area contributed by atoms with E-state index in [0.717, 1.165) is 19.6 Å². The smallest absolute Gasteiger partial charge is 0.322 e. The first-order valence-electron chi connectivity index (χ1n) is 6.83. The summed E-state index contributed by atoms with van der Waals surface area (Å²) >= 11 is 0. The zero-order chi connectivity index (χ0) is 15.1. The molecule has 1 aromatic rings. The van der Waals surface area contributed by atoms with Crippen molar-refractivity contribution in [3.63, 3.8) is 0 Å². The van der Waals surface area contributed by atoms with E-state index in [1.165, 1.54) is 0 Å². The summed E-state index contributed by atoms with van der Waals surface area (Å²) in [5.74, 6) is 1.69. The van der Waals surface area contributed by atoms with Crippen LogP contribution >= 0.6 is 0 Å². The number of ether oxygens (including phenoxy) is 1. The molecule has 0 fully saturated rings. The average Bonchev–Trinajstić information content (AvgIpc) is 2.42. The van der Waals surface area contributed by atoms with Crippen molar-refractivity contribution in [3.8, 4) is 6.01 Å². The zero-order valence-electron chi connectivity index (χ0n) is 13.3. The predicted octanol–water partition coefficient (Wildman–Crippen LogP) is 0.946. The maximum atomic E-state index is 5.14. The van der Waals surface area contributed by atoms with Gasteiger partial charge in [-0.25, -0.2) is 0 Å². The minimum Gasteiger partial charge on any atom is -0.467 e. The van der Waals surface area contributed by atoms with Crippen molar-refractivity contribution in [3.05, 3.63) is 0 Å². The fourth-order valence-corrected chi connectivity index (χ4v) is 1.72. The van der Waals surface area contributed by atoms with Gasteiger partial charge in [0.1, 0.15) is 0 Å². The highest BCUT2D eigenvalue weighted by atomic mass is 16.5. The second-order valence-corrected chi connectivity index (χ2v) is 5.34. The van der Waals surface area contributed by atoms with Crippen LogP contribution in [0.15, 0.2) is 0 Å². The van der Waals surface area contributed by atoms with Crippen LogP contribution in [0.2, 0.25) is 0 Å². The third-order valence-corrected chi connectivity index (χ3v) is 2.69. The number of hydrogen-bond acceptors (Lipinski definition) is 7. The van der Waals surface area contributed by atoms with Crippen molar-refractivity contribution in [1.82, 2.24) is 19.9 Å². The number of aromatic nitrogens is 3. The van der Waals surface area contributed by atoms with Crippen molar-refractivity contribution >= 4 is 11.9 Å². The molecular weight excluding hydrogens is 256 g/mol. The summed E-state index contributed by atoms with van der Waals surface area (Å²) in [5, 5.41) is 2.94. The van der Waals surface area contributed by atoms with E-state index in [-0.39, 0.29) is 0 Å². The van der Waals surface area contributed by atoms with Gasteiger partial charge in [0.25, 0.3) is 0 Å². The molecule has 0 saturated heterocycles. The SMILES string of the molecule is CNc1nc(OC)nc(N(CCN(C)C)CC(C)C)n1. The quantitative estimate of drug-likeness (QED) is 0.761. The third kappa shape index (κ3) is 5.16. The summed E-state index contributed by atoms with van der Waals surface area (Å²) in [6.45, 7) is 7.06. The molecule has 0 bridgehead atoms. The zero-order valence-corrected chi connectivity index (χ0v) is 13.3. The van der Waals surface area contributed by atoms with Crippen molar-refractivity contribution in [2.45, 2.75) is 13.8 Å². The molecule has 1 aromatic heterocycles. The Labute approximate surface area is 121 Å². The van der Waals surface area contributed by atoms with Gasteiger partial charge in [0.2, 0.25) is 11.9 Å². The fraction of sp³-hybridized carbons (Fsp3) is 0.769. The molecule has 0 spiro atoms. The Hall–Kier alpha value is -1.63. The Morgan fingerprint density at radius 3 is 2.35 bits per heavy atom. The van der Waals surface area contributed by atoms with Crippen LogP contribution in [0.4, 0.5) is 11.9 Å². The van der Waals surface area contributed by atoms with Gasteiger partial charge in [-0.1, -0.05) is 13.8 Å². The number of nitrogens with zero attached hydrogens (tertiary/aromatic N) is 5. The van der Waals surface area contributed by atoms with Crippen LogP contribution in [0.5, 0.6) is 6.01 Å². The Morgan fingerprint density at radius 1 is 1.15 bits per heavy atom. The van der Waals surface area contributed by atoms with E-state index in [4.69, 9.17) is 4.74 Å². The maximum absolute atomic E-state index is 5.14. The molecule has 0 amide bonds. The van der Waals surface area contributed by atoms with Gasteiger partial charge in [0.05, 0.1) is 7.11 Å². The minimum atomic E-state index is 0.331. The summed E-state index contributed by atoms with van der Waals surface area (Å²) < 4.78 is 5.14. The van der Waals surface area contributed by atoms with Gasteiger partial charge in [-0.2, -0.15) is 15.0 Å². The van der Waals surface area contributed by atoms with E-state index in [1.807, 2.05) is 0 Å². The molecule has 0 radical (unpaired) electrons.